The van der Waals surface area contributed by atoms with Gasteiger partial charge in [-0.15, -0.1) is 0 Å². The minimum Gasteiger partial charge on any atom is -0.480 e. The molecule has 0 saturated carbocycles. The minimum absolute atomic E-state index is 0.123. The molecule has 1 aliphatic rings. The molecule has 1 N–H and O–H groups in total. The van der Waals surface area contributed by atoms with E-state index in [-0.39, 0.29) is 6.54 Å². The van der Waals surface area contributed by atoms with E-state index in [0.29, 0.717) is 12.0 Å². The molecule has 1 aromatic heterocycles. The molecule has 0 bridgehead atoms. The van der Waals surface area contributed by atoms with E-state index in [0.717, 1.165) is 37.3 Å². The number of rotatable bonds is 4. The molecule has 0 aliphatic carbocycles. The first-order valence-corrected chi connectivity index (χ1v) is 7.97. The van der Waals surface area contributed by atoms with Crippen LogP contribution in [0.5, 0.6) is 0 Å². The summed E-state index contributed by atoms with van der Waals surface area (Å²) >= 11 is 0. The van der Waals surface area contributed by atoms with Gasteiger partial charge in [0.25, 0.3) is 0 Å². The molecular formula is C17H23N3O2. The van der Waals surface area contributed by atoms with Crippen molar-refractivity contribution in [2.24, 2.45) is 0 Å². The SMILES string of the molecule is CC(C)n1c(C2CCCN(CC(=O)O)C2)nc2ccccc21. The van der Waals surface area contributed by atoms with Crippen molar-refractivity contribution in [2.45, 2.75) is 38.6 Å². The van der Waals surface area contributed by atoms with Gasteiger partial charge < -0.3 is 9.67 Å². The smallest absolute Gasteiger partial charge is 0.317 e. The van der Waals surface area contributed by atoms with Crippen LogP contribution in [0.15, 0.2) is 24.3 Å². The maximum Gasteiger partial charge on any atom is 0.317 e. The fourth-order valence-electron chi connectivity index (χ4n) is 3.49. The van der Waals surface area contributed by atoms with Crippen LogP contribution in [0.1, 0.15) is 44.5 Å². The number of para-hydroxylation sites is 2. The first-order valence-electron chi connectivity index (χ1n) is 7.97. The molecule has 2 aromatic rings. The van der Waals surface area contributed by atoms with Crippen LogP contribution in [0.2, 0.25) is 0 Å². The first-order chi connectivity index (χ1) is 10.6. The molecule has 1 aromatic carbocycles. The third-order valence-electron chi connectivity index (χ3n) is 4.37. The van der Waals surface area contributed by atoms with Gasteiger partial charge in [-0.3, -0.25) is 9.69 Å². The number of nitrogens with zero attached hydrogens (tertiary/aromatic N) is 3. The van der Waals surface area contributed by atoms with Crippen molar-refractivity contribution in [3.63, 3.8) is 0 Å². The second kappa shape index (κ2) is 6.08. The molecule has 22 heavy (non-hydrogen) atoms. The summed E-state index contributed by atoms with van der Waals surface area (Å²) < 4.78 is 2.31. The molecule has 1 atom stereocenters. The summed E-state index contributed by atoms with van der Waals surface area (Å²) in [6, 6.07) is 8.57. The topological polar surface area (TPSA) is 58.4 Å². The summed E-state index contributed by atoms with van der Waals surface area (Å²) in [5.74, 6) is 0.659. The number of hydrogen-bond acceptors (Lipinski definition) is 3. The molecule has 2 heterocycles. The predicted molar refractivity (Wildman–Crippen MR) is 86.2 cm³/mol. The number of aromatic nitrogens is 2. The van der Waals surface area contributed by atoms with Gasteiger partial charge in [0, 0.05) is 18.5 Å². The Labute approximate surface area is 130 Å². The fraction of sp³-hybridized carbons (Fsp3) is 0.529. The Kier molecular flexibility index (Phi) is 4.16. The molecule has 118 valence electrons. The third-order valence-corrected chi connectivity index (χ3v) is 4.37. The van der Waals surface area contributed by atoms with Crippen LogP contribution in [0, 0.1) is 0 Å². The normalized spacial score (nSPS) is 19.9. The van der Waals surface area contributed by atoms with Gasteiger partial charge in [-0.1, -0.05) is 12.1 Å². The van der Waals surface area contributed by atoms with Crippen LogP contribution < -0.4 is 0 Å². The van der Waals surface area contributed by atoms with Crippen LogP contribution in [0.25, 0.3) is 11.0 Å². The van der Waals surface area contributed by atoms with Gasteiger partial charge in [-0.05, 0) is 45.4 Å². The van der Waals surface area contributed by atoms with E-state index >= 15 is 0 Å². The molecule has 0 radical (unpaired) electrons. The van der Waals surface area contributed by atoms with E-state index in [4.69, 9.17) is 10.1 Å². The maximum atomic E-state index is 11.0. The van der Waals surface area contributed by atoms with Crippen molar-refractivity contribution >= 4 is 17.0 Å². The molecule has 5 nitrogen and oxygen atoms in total. The summed E-state index contributed by atoms with van der Waals surface area (Å²) in [4.78, 5) is 17.9. The minimum atomic E-state index is -0.752. The summed E-state index contributed by atoms with van der Waals surface area (Å²) in [5, 5.41) is 9.02. The second-order valence-corrected chi connectivity index (χ2v) is 6.39. The Morgan fingerprint density at radius 3 is 2.91 bits per heavy atom. The lowest BCUT2D eigenvalue weighted by atomic mass is 9.97. The number of likely N-dealkylation sites (tertiary alicyclic amines) is 1. The Morgan fingerprint density at radius 1 is 1.41 bits per heavy atom. The number of piperidine rings is 1. The van der Waals surface area contributed by atoms with Gasteiger partial charge in [-0.2, -0.15) is 0 Å². The Morgan fingerprint density at radius 2 is 2.18 bits per heavy atom. The van der Waals surface area contributed by atoms with E-state index in [1.165, 1.54) is 5.52 Å². The molecule has 1 saturated heterocycles. The zero-order chi connectivity index (χ0) is 15.7. The van der Waals surface area contributed by atoms with Crippen LogP contribution >= 0.6 is 0 Å². The van der Waals surface area contributed by atoms with Gasteiger partial charge in [0.2, 0.25) is 0 Å². The number of hydrogen-bond donors (Lipinski definition) is 1. The van der Waals surface area contributed by atoms with Crippen LogP contribution in [0.3, 0.4) is 0 Å². The van der Waals surface area contributed by atoms with Gasteiger partial charge >= 0.3 is 5.97 Å². The maximum absolute atomic E-state index is 11.0. The summed E-state index contributed by atoms with van der Waals surface area (Å²) in [7, 11) is 0. The monoisotopic (exact) mass is 301 g/mol. The van der Waals surface area contributed by atoms with E-state index in [1.807, 2.05) is 17.0 Å². The zero-order valence-electron chi connectivity index (χ0n) is 13.2. The Hall–Kier alpha value is -1.88. The molecule has 0 amide bonds. The number of carboxylic acids is 1. The molecular weight excluding hydrogens is 278 g/mol. The number of aliphatic carboxylic acids is 1. The van der Waals surface area contributed by atoms with Gasteiger partial charge in [0.15, 0.2) is 0 Å². The third kappa shape index (κ3) is 2.86. The molecule has 1 unspecified atom stereocenters. The highest BCUT2D eigenvalue weighted by Crippen LogP contribution is 2.31. The summed E-state index contributed by atoms with van der Waals surface area (Å²) in [6.45, 7) is 6.12. The second-order valence-electron chi connectivity index (χ2n) is 6.39. The summed E-state index contributed by atoms with van der Waals surface area (Å²) in [5.41, 5.74) is 2.20. The quantitative estimate of drug-likeness (QED) is 0.943. The average Bonchev–Trinajstić information content (AvgIpc) is 2.86. The predicted octanol–water partition coefficient (Wildman–Crippen LogP) is 2.88. The molecule has 1 fully saturated rings. The van der Waals surface area contributed by atoms with Crippen LogP contribution in [0.4, 0.5) is 0 Å². The lowest BCUT2D eigenvalue weighted by Crippen LogP contribution is -2.38. The highest BCUT2D eigenvalue weighted by molar-refractivity contribution is 5.76. The standard InChI is InChI=1S/C17H23N3O2/c1-12(2)20-15-8-4-3-7-14(15)18-17(20)13-6-5-9-19(10-13)11-16(21)22/h3-4,7-8,12-13H,5-6,9-11H2,1-2H3,(H,21,22). The highest BCUT2D eigenvalue weighted by Gasteiger charge is 2.27. The number of carbonyl (C=O) groups is 1. The number of benzene rings is 1. The van der Waals surface area contributed by atoms with Gasteiger partial charge in [0.05, 0.1) is 17.6 Å². The number of carboxylic acid groups (broad SMARTS) is 1. The van der Waals surface area contributed by atoms with Gasteiger partial charge in [0.1, 0.15) is 5.82 Å². The van der Waals surface area contributed by atoms with E-state index in [1.54, 1.807) is 0 Å². The number of fused-ring (bicyclic) bond motifs is 1. The van der Waals surface area contributed by atoms with Crippen molar-refractivity contribution in [3.05, 3.63) is 30.1 Å². The molecule has 3 rings (SSSR count). The average molecular weight is 301 g/mol. The lowest BCUT2D eigenvalue weighted by Gasteiger charge is -2.32. The molecule has 1 aliphatic heterocycles. The van der Waals surface area contributed by atoms with Crippen molar-refractivity contribution in [2.75, 3.05) is 19.6 Å². The van der Waals surface area contributed by atoms with Crippen molar-refractivity contribution in [1.82, 2.24) is 14.5 Å². The number of imidazole rings is 1. The van der Waals surface area contributed by atoms with Crippen molar-refractivity contribution < 1.29 is 9.90 Å². The lowest BCUT2D eigenvalue weighted by molar-refractivity contribution is -0.138. The van der Waals surface area contributed by atoms with E-state index in [9.17, 15) is 4.79 Å². The zero-order valence-corrected chi connectivity index (χ0v) is 13.2. The van der Waals surface area contributed by atoms with E-state index < -0.39 is 5.97 Å². The van der Waals surface area contributed by atoms with Crippen LogP contribution in [-0.2, 0) is 4.79 Å². The van der Waals surface area contributed by atoms with Gasteiger partial charge in [-0.25, -0.2) is 4.98 Å². The van der Waals surface area contributed by atoms with Crippen molar-refractivity contribution in [3.8, 4) is 0 Å². The van der Waals surface area contributed by atoms with Crippen molar-refractivity contribution in [1.29, 1.82) is 0 Å². The van der Waals surface area contributed by atoms with E-state index in [2.05, 4.69) is 30.5 Å². The molecule has 5 heteroatoms. The Balaban J connectivity index is 1.95. The largest absolute Gasteiger partial charge is 0.480 e. The summed E-state index contributed by atoms with van der Waals surface area (Å²) in [6.07, 6.45) is 2.10. The Bertz CT molecular complexity index is 678. The fourth-order valence-corrected chi connectivity index (χ4v) is 3.49. The molecule has 0 spiro atoms. The van der Waals surface area contributed by atoms with Crippen LogP contribution in [-0.4, -0.2) is 45.2 Å². The first kappa shape index (κ1) is 15.0. The highest BCUT2D eigenvalue weighted by atomic mass is 16.4.